The zero-order valence-corrected chi connectivity index (χ0v) is 10.7. The van der Waals surface area contributed by atoms with Gasteiger partial charge in [0.1, 0.15) is 0 Å². The van der Waals surface area contributed by atoms with Crippen molar-refractivity contribution in [3.8, 4) is 6.07 Å². The van der Waals surface area contributed by atoms with Crippen molar-refractivity contribution in [3.05, 3.63) is 12.2 Å². The standard InChI is InChI=1S/C11H15NO4S/c1-4-16-10(13)11(7-12)6-9(5-8(11)2)17(3,14)15/h9H,2,4-6H2,1,3H3/t9-,11+/m0/s1. The number of sulfone groups is 1. The Labute approximate surface area is 101 Å². The molecule has 1 rings (SSSR count). The van der Waals surface area contributed by atoms with Gasteiger partial charge in [-0.05, 0) is 25.3 Å². The molecule has 94 valence electrons. The molecule has 1 aliphatic carbocycles. The summed E-state index contributed by atoms with van der Waals surface area (Å²) in [6.45, 7) is 5.44. The maximum Gasteiger partial charge on any atom is 0.330 e. The molecule has 0 radical (unpaired) electrons. The molecule has 0 spiro atoms. The number of hydrogen-bond donors (Lipinski definition) is 0. The Morgan fingerprint density at radius 1 is 1.71 bits per heavy atom. The minimum Gasteiger partial charge on any atom is -0.465 e. The molecule has 0 aromatic heterocycles. The topological polar surface area (TPSA) is 84.2 Å². The molecule has 0 aliphatic heterocycles. The van der Waals surface area contributed by atoms with Gasteiger partial charge in [0, 0.05) is 6.26 Å². The van der Waals surface area contributed by atoms with Crippen molar-refractivity contribution in [2.45, 2.75) is 25.0 Å². The van der Waals surface area contributed by atoms with Crippen molar-refractivity contribution < 1.29 is 17.9 Å². The number of ether oxygens (including phenoxy) is 1. The Kier molecular flexibility index (Phi) is 3.62. The highest BCUT2D eigenvalue weighted by molar-refractivity contribution is 7.91. The average molecular weight is 257 g/mol. The van der Waals surface area contributed by atoms with E-state index >= 15 is 0 Å². The van der Waals surface area contributed by atoms with Gasteiger partial charge in [-0.3, -0.25) is 0 Å². The summed E-state index contributed by atoms with van der Waals surface area (Å²) in [4.78, 5) is 11.8. The fourth-order valence-electron chi connectivity index (χ4n) is 1.96. The van der Waals surface area contributed by atoms with Gasteiger partial charge in [-0.1, -0.05) is 6.58 Å². The molecule has 0 N–H and O–H groups in total. The molecule has 0 unspecified atom stereocenters. The fourth-order valence-corrected chi connectivity index (χ4v) is 3.02. The van der Waals surface area contributed by atoms with Gasteiger partial charge in [0.05, 0.1) is 17.9 Å². The van der Waals surface area contributed by atoms with E-state index in [1.165, 1.54) is 0 Å². The molecule has 1 saturated carbocycles. The van der Waals surface area contributed by atoms with Crippen LogP contribution in [0.3, 0.4) is 0 Å². The molecule has 0 amide bonds. The lowest BCUT2D eigenvalue weighted by Crippen LogP contribution is -2.31. The van der Waals surface area contributed by atoms with Crippen LogP contribution in [0.4, 0.5) is 0 Å². The number of hydrogen-bond acceptors (Lipinski definition) is 5. The van der Waals surface area contributed by atoms with E-state index < -0.39 is 26.5 Å². The Bertz CT molecular complexity index is 488. The SMILES string of the molecule is C=C1C[C@H](S(C)(=O)=O)C[C@]1(C#N)C(=O)OCC. The summed E-state index contributed by atoms with van der Waals surface area (Å²) in [6, 6.07) is 1.88. The molecular weight excluding hydrogens is 242 g/mol. The zero-order chi connectivity index (χ0) is 13.3. The summed E-state index contributed by atoms with van der Waals surface area (Å²) < 4.78 is 27.8. The van der Waals surface area contributed by atoms with E-state index in [4.69, 9.17) is 10.00 Å². The number of nitriles is 1. The first kappa shape index (κ1) is 13.7. The molecule has 0 aromatic carbocycles. The molecule has 1 aliphatic rings. The van der Waals surface area contributed by atoms with Gasteiger partial charge < -0.3 is 4.74 Å². The van der Waals surface area contributed by atoms with Crippen LogP contribution in [-0.4, -0.2) is 32.5 Å². The Morgan fingerprint density at radius 3 is 2.65 bits per heavy atom. The number of nitrogens with zero attached hydrogens (tertiary/aromatic N) is 1. The summed E-state index contributed by atoms with van der Waals surface area (Å²) in [5, 5.41) is 8.44. The van der Waals surface area contributed by atoms with Gasteiger partial charge in [-0.15, -0.1) is 0 Å². The van der Waals surface area contributed by atoms with Crippen LogP contribution in [0.15, 0.2) is 12.2 Å². The first-order chi connectivity index (χ1) is 7.78. The summed E-state index contributed by atoms with van der Waals surface area (Å²) in [5.41, 5.74) is -1.17. The molecule has 17 heavy (non-hydrogen) atoms. The van der Waals surface area contributed by atoms with E-state index in [9.17, 15) is 13.2 Å². The van der Waals surface area contributed by atoms with Crippen molar-refractivity contribution in [1.29, 1.82) is 5.26 Å². The van der Waals surface area contributed by atoms with Crippen LogP contribution in [-0.2, 0) is 19.4 Å². The lowest BCUT2D eigenvalue weighted by molar-refractivity contribution is -0.149. The maximum absolute atomic E-state index is 11.8. The van der Waals surface area contributed by atoms with E-state index in [-0.39, 0.29) is 19.4 Å². The van der Waals surface area contributed by atoms with Crippen molar-refractivity contribution in [2.75, 3.05) is 12.9 Å². The molecular formula is C11H15NO4S. The molecule has 6 heteroatoms. The van der Waals surface area contributed by atoms with Crippen LogP contribution in [0.2, 0.25) is 0 Å². The maximum atomic E-state index is 11.8. The van der Waals surface area contributed by atoms with Crippen molar-refractivity contribution >= 4 is 15.8 Å². The minimum atomic E-state index is -3.28. The van der Waals surface area contributed by atoms with Crippen LogP contribution in [0, 0.1) is 16.7 Å². The van der Waals surface area contributed by atoms with Crippen LogP contribution >= 0.6 is 0 Å². The zero-order valence-electron chi connectivity index (χ0n) is 9.89. The second-order valence-electron chi connectivity index (χ2n) is 4.20. The second kappa shape index (κ2) is 4.49. The highest BCUT2D eigenvalue weighted by Gasteiger charge is 2.52. The third-order valence-electron chi connectivity index (χ3n) is 3.03. The summed E-state index contributed by atoms with van der Waals surface area (Å²) in [5.74, 6) is -0.696. The van der Waals surface area contributed by atoms with E-state index in [1.807, 2.05) is 6.07 Å². The van der Waals surface area contributed by atoms with Gasteiger partial charge in [-0.2, -0.15) is 5.26 Å². The van der Waals surface area contributed by atoms with Crippen LogP contribution < -0.4 is 0 Å². The van der Waals surface area contributed by atoms with E-state index in [0.717, 1.165) is 6.26 Å². The average Bonchev–Trinajstić information content (AvgIpc) is 2.56. The van der Waals surface area contributed by atoms with Crippen molar-refractivity contribution in [2.24, 2.45) is 5.41 Å². The van der Waals surface area contributed by atoms with Crippen LogP contribution in [0.5, 0.6) is 0 Å². The number of carbonyl (C=O) groups excluding carboxylic acids is 1. The molecule has 0 saturated heterocycles. The van der Waals surface area contributed by atoms with E-state index in [0.29, 0.717) is 5.57 Å². The fraction of sp³-hybridized carbons (Fsp3) is 0.636. The van der Waals surface area contributed by atoms with E-state index in [2.05, 4.69) is 6.58 Å². The summed E-state index contributed by atoms with van der Waals surface area (Å²) >= 11 is 0. The van der Waals surface area contributed by atoms with Crippen LogP contribution in [0.25, 0.3) is 0 Å². The Hall–Kier alpha value is -1.35. The van der Waals surface area contributed by atoms with Crippen molar-refractivity contribution in [1.82, 2.24) is 0 Å². The highest BCUT2D eigenvalue weighted by atomic mass is 32.2. The Balaban J connectivity index is 3.09. The van der Waals surface area contributed by atoms with Gasteiger partial charge in [0.15, 0.2) is 15.3 Å². The molecule has 0 heterocycles. The molecule has 0 aromatic rings. The van der Waals surface area contributed by atoms with Gasteiger partial charge in [0.25, 0.3) is 0 Å². The minimum absolute atomic E-state index is 0.0556. The lowest BCUT2D eigenvalue weighted by Gasteiger charge is -2.19. The molecule has 0 bridgehead atoms. The highest BCUT2D eigenvalue weighted by Crippen LogP contribution is 2.45. The smallest absolute Gasteiger partial charge is 0.330 e. The monoisotopic (exact) mass is 257 g/mol. The van der Waals surface area contributed by atoms with Crippen LogP contribution in [0.1, 0.15) is 19.8 Å². The van der Waals surface area contributed by atoms with Gasteiger partial charge in [0.2, 0.25) is 0 Å². The second-order valence-corrected chi connectivity index (χ2v) is 6.53. The lowest BCUT2D eigenvalue weighted by atomic mass is 9.85. The molecule has 2 atom stereocenters. The predicted octanol–water partition coefficient (Wildman–Crippen LogP) is 0.823. The number of esters is 1. The van der Waals surface area contributed by atoms with E-state index in [1.54, 1.807) is 6.92 Å². The number of carbonyl (C=O) groups is 1. The predicted molar refractivity (Wildman–Crippen MR) is 61.7 cm³/mol. The quantitative estimate of drug-likeness (QED) is 0.552. The molecule has 1 fully saturated rings. The summed E-state index contributed by atoms with van der Waals surface area (Å²) in [6.07, 6.45) is 1.19. The first-order valence-corrected chi connectivity index (χ1v) is 7.19. The van der Waals surface area contributed by atoms with Gasteiger partial charge in [-0.25, -0.2) is 13.2 Å². The first-order valence-electron chi connectivity index (χ1n) is 5.23. The van der Waals surface area contributed by atoms with Gasteiger partial charge >= 0.3 is 5.97 Å². The van der Waals surface area contributed by atoms with Crippen molar-refractivity contribution in [3.63, 3.8) is 0 Å². The normalized spacial score (nSPS) is 28.8. The summed E-state index contributed by atoms with van der Waals surface area (Å²) in [7, 11) is -3.28. The third-order valence-corrected chi connectivity index (χ3v) is 4.58. The number of rotatable bonds is 3. The Morgan fingerprint density at radius 2 is 2.29 bits per heavy atom. The largest absolute Gasteiger partial charge is 0.465 e. The third kappa shape index (κ3) is 2.34. The molecule has 5 nitrogen and oxygen atoms in total.